The molecule has 22 heavy (non-hydrogen) atoms. The van der Waals surface area contributed by atoms with Gasteiger partial charge < -0.3 is 10.0 Å². The van der Waals surface area contributed by atoms with Gasteiger partial charge in [0.25, 0.3) is 5.91 Å². The number of fused-ring (bicyclic) bond motifs is 1. The molecule has 0 aliphatic rings. The molecule has 1 aromatic heterocycles. The number of rotatable bonds is 5. The number of aryl methyl sites for hydroxylation is 1. The van der Waals surface area contributed by atoms with Crippen LogP contribution in [-0.2, 0) is 4.79 Å². The summed E-state index contributed by atoms with van der Waals surface area (Å²) in [6, 6.07) is 6.97. The Balaban J connectivity index is 2.53. The van der Waals surface area contributed by atoms with Crippen molar-refractivity contribution in [3.63, 3.8) is 0 Å². The number of aliphatic carboxylic acids is 1. The van der Waals surface area contributed by atoms with Gasteiger partial charge in [-0.1, -0.05) is 24.6 Å². The van der Waals surface area contributed by atoms with E-state index in [1.54, 1.807) is 12.1 Å². The smallest absolute Gasteiger partial charge is 0.323 e. The quantitative estimate of drug-likeness (QED) is 0.918. The molecule has 2 aromatic rings. The molecule has 0 radical (unpaired) electrons. The lowest BCUT2D eigenvalue weighted by atomic mass is 10.1. The lowest BCUT2D eigenvalue weighted by molar-refractivity contribution is -0.137. The number of aromatic nitrogens is 1. The molecule has 6 heteroatoms. The first-order chi connectivity index (χ1) is 10.4. The number of carbonyl (C=O) groups is 2. The fourth-order valence-electron chi connectivity index (χ4n) is 2.32. The first kappa shape index (κ1) is 16.2. The highest BCUT2D eigenvalue weighted by Gasteiger charge is 2.21. The van der Waals surface area contributed by atoms with Crippen LogP contribution < -0.4 is 0 Å². The molecule has 1 heterocycles. The first-order valence-electron chi connectivity index (χ1n) is 7.00. The van der Waals surface area contributed by atoms with Crippen LogP contribution in [0.3, 0.4) is 0 Å². The molecule has 0 atom stereocenters. The normalized spacial score (nSPS) is 10.7. The summed E-state index contributed by atoms with van der Waals surface area (Å²) in [6.07, 6.45) is 0.671. The standard InChI is InChI=1S/C16H17ClN2O3/c1-3-6-19(9-14(20)21)16(22)13-8-12(17)7-11-5-4-10(2)18-15(11)13/h4-5,7-8H,3,6,9H2,1-2H3,(H,20,21). The topological polar surface area (TPSA) is 70.5 Å². The Hall–Kier alpha value is -2.14. The molecule has 0 unspecified atom stereocenters. The Morgan fingerprint density at radius 1 is 1.32 bits per heavy atom. The van der Waals surface area contributed by atoms with E-state index in [1.807, 2.05) is 26.0 Å². The van der Waals surface area contributed by atoms with Crippen molar-refractivity contribution >= 4 is 34.4 Å². The van der Waals surface area contributed by atoms with Crippen molar-refractivity contribution in [1.82, 2.24) is 9.88 Å². The van der Waals surface area contributed by atoms with Crippen LogP contribution in [0.4, 0.5) is 0 Å². The number of halogens is 1. The number of hydrogen-bond donors (Lipinski definition) is 1. The van der Waals surface area contributed by atoms with Gasteiger partial charge in [-0.3, -0.25) is 14.6 Å². The summed E-state index contributed by atoms with van der Waals surface area (Å²) in [4.78, 5) is 29.4. The average Bonchev–Trinajstić information content (AvgIpc) is 2.45. The molecule has 5 nitrogen and oxygen atoms in total. The van der Waals surface area contributed by atoms with E-state index < -0.39 is 5.97 Å². The van der Waals surface area contributed by atoms with Crippen LogP contribution in [0.5, 0.6) is 0 Å². The largest absolute Gasteiger partial charge is 0.480 e. The van der Waals surface area contributed by atoms with E-state index in [0.717, 1.165) is 11.1 Å². The maximum absolute atomic E-state index is 12.7. The van der Waals surface area contributed by atoms with Crippen molar-refractivity contribution in [1.29, 1.82) is 0 Å². The number of hydrogen-bond acceptors (Lipinski definition) is 3. The zero-order chi connectivity index (χ0) is 16.3. The predicted octanol–water partition coefficient (Wildman–Crippen LogP) is 3.13. The third kappa shape index (κ3) is 3.54. The molecule has 0 aliphatic heterocycles. The lowest BCUT2D eigenvalue weighted by Crippen LogP contribution is -2.36. The minimum atomic E-state index is -1.04. The van der Waals surface area contributed by atoms with Gasteiger partial charge in [0.15, 0.2) is 0 Å². The molecule has 0 saturated heterocycles. The first-order valence-corrected chi connectivity index (χ1v) is 7.38. The monoisotopic (exact) mass is 320 g/mol. The van der Waals surface area contributed by atoms with Crippen LogP contribution in [0.2, 0.25) is 5.02 Å². The molecular formula is C16H17ClN2O3. The van der Waals surface area contributed by atoms with Crippen molar-refractivity contribution in [3.05, 3.63) is 40.5 Å². The Labute approximate surface area is 133 Å². The van der Waals surface area contributed by atoms with Crippen LogP contribution in [0.15, 0.2) is 24.3 Å². The Morgan fingerprint density at radius 3 is 2.68 bits per heavy atom. The number of nitrogens with zero attached hydrogens (tertiary/aromatic N) is 2. The van der Waals surface area contributed by atoms with Gasteiger partial charge in [-0.05, 0) is 31.5 Å². The highest BCUT2D eigenvalue weighted by molar-refractivity contribution is 6.32. The van der Waals surface area contributed by atoms with E-state index in [4.69, 9.17) is 16.7 Å². The second kappa shape index (κ2) is 6.75. The van der Waals surface area contributed by atoms with Crippen LogP contribution in [0, 0.1) is 6.92 Å². The highest BCUT2D eigenvalue weighted by atomic mass is 35.5. The van der Waals surface area contributed by atoms with Crippen LogP contribution >= 0.6 is 11.6 Å². The van der Waals surface area contributed by atoms with Gasteiger partial charge in [-0.15, -0.1) is 0 Å². The van der Waals surface area contributed by atoms with E-state index in [1.165, 1.54) is 4.90 Å². The summed E-state index contributed by atoms with van der Waals surface area (Å²) >= 11 is 6.08. The van der Waals surface area contributed by atoms with Crippen LogP contribution in [0.25, 0.3) is 10.9 Å². The predicted molar refractivity (Wildman–Crippen MR) is 85.3 cm³/mol. The van der Waals surface area contributed by atoms with Gasteiger partial charge in [0.05, 0.1) is 11.1 Å². The van der Waals surface area contributed by atoms with Crippen LogP contribution in [0.1, 0.15) is 29.4 Å². The van der Waals surface area contributed by atoms with Crippen molar-refractivity contribution in [2.24, 2.45) is 0 Å². The van der Waals surface area contributed by atoms with E-state index in [-0.39, 0.29) is 12.5 Å². The molecular weight excluding hydrogens is 304 g/mol. The van der Waals surface area contributed by atoms with Crippen molar-refractivity contribution in [2.45, 2.75) is 20.3 Å². The van der Waals surface area contributed by atoms with E-state index in [9.17, 15) is 9.59 Å². The zero-order valence-electron chi connectivity index (χ0n) is 12.5. The molecule has 1 aromatic carbocycles. The maximum Gasteiger partial charge on any atom is 0.323 e. The number of benzene rings is 1. The van der Waals surface area contributed by atoms with E-state index >= 15 is 0 Å². The number of pyridine rings is 1. The number of carbonyl (C=O) groups excluding carboxylic acids is 1. The Morgan fingerprint density at radius 2 is 2.05 bits per heavy atom. The molecule has 1 amide bonds. The van der Waals surface area contributed by atoms with Crippen molar-refractivity contribution in [3.8, 4) is 0 Å². The number of carboxylic acids is 1. The molecule has 0 spiro atoms. The molecule has 0 fully saturated rings. The van der Waals surface area contributed by atoms with Crippen molar-refractivity contribution < 1.29 is 14.7 Å². The second-order valence-corrected chi connectivity index (χ2v) is 5.53. The Kier molecular flexibility index (Phi) is 4.98. The van der Waals surface area contributed by atoms with Gasteiger partial charge in [0, 0.05) is 22.6 Å². The van der Waals surface area contributed by atoms with Gasteiger partial charge in [-0.25, -0.2) is 0 Å². The molecule has 0 aliphatic carbocycles. The van der Waals surface area contributed by atoms with Gasteiger partial charge >= 0.3 is 5.97 Å². The molecule has 2 rings (SSSR count). The SMILES string of the molecule is CCCN(CC(=O)O)C(=O)c1cc(Cl)cc2ccc(C)nc12. The van der Waals surface area contributed by atoms with Crippen LogP contribution in [-0.4, -0.2) is 40.0 Å². The van der Waals surface area contributed by atoms with Crippen molar-refractivity contribution in [2.75, 3.05) is 13.1 Å². The summed E-state index contributed by atoms with van der Waals surface area (Å²) in [7, 11) is 0. The summed E-state index contributed by atoms with van der Waals surface area (Å²) in [6.45, 7) is 3.75. The fraction of sp³-hybridized carbons (Fsp3) is 0.312. The number of amides is 1. The fourth-order valence-corrected chi connectivity index (χ4v) is 2.54. The summed E-state index contributed by atoms with van der Waals surface area (Å²) < 4.78 is 0. The van der Waals surface area contributed by atoms with Gasteiger partial charge in [-0.2, -0.15) is 0 Å². The van der Waals surface area contributed by atoms with E-state index in [2.05, 4.69) is 4.98 Å². The molecule has 0 saturated carbocycles. The molecule has 116 valence electrons. The van der Waals surface area contributed by atoms with Gasteiger partial charge in [0.2, 0.25) is 0 Å². The third-order valence-corrected chi connectivity index (χ3v) is 3.45. The third-order valence-electron chi connectivity index (χ3n) is 3.23. The van der Waals surface area contributed by atoms with E-state index in [0.29, 0.717) is 29.1 Å². The molecule has 1 N–H and O–H groups in total. The summed E-state index contributed by atoms with van der Waals surface area (Å²) in [5.74, 6) is -1.41. The molecule has 0 bridgehead atoms. The summed E-state index contributed by atoms with van der Waals surface area (Å²) in [5.41, 5.74) is 1.66. The van der Waals surface area contributed by atoms with Gasteiger partial charge in [0.1, 0.15) is 6.54 Å². The second-order valence-electron chi connectivity index (χ2n) is 5.10. The minimum absolute atomic E-state index is 0.334. The highest BCUT2D eigenvalue weighted by Crippen LogP contribution is 2.24. The number of carboxylic acid groups (broad SMARTS) is 1. The minimum Gasteiger partial charge on any atom is -0.480 e. The average molecular weight is 321 g/mol. The summed E-state index contributed by atoms with van der Waals surface area (Å²) in [5, 5.41) is 10.2. The maximum atomic E-state index is 12.7. The lowest BCUT2D eigenvalue weighted by Gasteiger charge is -2.20. The Bertz CT molecular complexity index is 731. The zero-order valence-corrected chi connectivity index (χ0v) is 13.2.